The summed E-state index contributed by atoms with van der Waals surface area (Å²) in [6, 6.07) is 13.4. The molecule has 3 aromatic rings. The lowest BCUT2D eigenvalue weighted by atomic mass is 10.1. The van der Waals surface area contributed by atoms with Crippen LogP contribution < -0.4 is 4.84 Å². The van der Waals surface area contributed by atoms with Gasteiger partial charge in [0.05, 0.1) is 17.7 Å². The molecule has 10 heteroatoms. The Bertz CT molecular complexity index is 1050. The van der Waals surface area contributed by atoms with Crippen LogP contribution in [0.5, 0.6) is 0 Å². The van der Waals surface area contributed by atoms with Gasteiger partial charge in [-0.15, -0.1) is 5.10 Å². The van der Waals surface area contributed by atoms with Gasteiger partial charge < -0.3 is 0 Å². The van der Waals surface area contributed by atoms with E-state index in [1.54, 1.807) is 48.5 Å². The molecule has 3 amide bonds. The number of rotatable bonds is 5. The van der Waals surface area contributed by atoms with Gasteiger partial charge in [0.25, 0.3) is 11.8 Å². The van der Waals surface area contributed by atoms with Crippen LogP contribution in [0.4, 0.5) is 4.79 Å². The number of carbonyl (C=O) groups excluding carboxylic acids is 3. The zero-order valence-electron chi connectivity index (χ0n) is 14.8. The highest BCUT2D eigenvalue weighted by atomic mass is 32.2. The summed E-state index contributed by atoms with van der Waals surface area (Å²) in [5, 5.41) is 9.54. The van der Waals surface area contributed by atoms with Crippen LogP contribution >= 0.6 is 11.8 Å². The summed E-state index contributed by atoms with van der Waals surface area (Å²) >= 11 is 1.47. The van der Waals surface area contributed by atoms with Crippen molar-refractivity contribution >= 4 is 40.7 Å². The van der Waals surface area contributed by atoms with Crippen molar-refractivity contribution in [1.82, 2.24) is 25.2 Å². The molecule has 142 valence electrons. The number of amides is 3. The fraction of sp³-hybridized carbons (Fsp3) is 0.167. The van der Waals surface area contributed by atoms with Crippen LogP contribution in [-0.2, 0) is 0 Å². The van der Waals surface area contributed by atoms with Crippen molar-refractivity contribution in [1.29, 1.82) is 0 Å². The molecule has 0 saturated carbocycles. The van der Waals surface area contributed by atoms with E-state index in [4.69, 9.17) is 4.84 Å². The Kier molecular flexibility index (Phi) is 4.70. The van der Waals surface area contributed by atoms with Gasteiger partial charge in [0.1, 0.15) is 11.0 Å². The van der Waals surface area contributed by atoms with Gasteiger partial charge in [-0.05, 0) is 35.7 Å². The molecule has 0 N–H and O–H groups in total. The lowest BCUT2D eigenvalue weighted by Crippen LogP contribution is -2.52. The molecule has 1 aliphatic heterocycles. The molecule has 0 bridgehead atoms. The Balaban J connectivity index is 1.64. The van der Waals surface area contributed by atoms with Crippen LogP contribution in [0.1, 0.15) is 20.7 Å². The van der Waals surface area contributed by atoms with E-state index in [2.05, 4.69) is 10.3 Å². The molecule has 4 rings (SSSR count). The monoisotopic (exact) mass is 397 g/mol. The van der Waals surface area contributed by atoms with Crippen LogP contribution in [0.3, 0.4) is 0 Å². The van der Waals surface area contributed by atoms with E-state index in [0.717, 1.165) is 14.9 Å². The third-order valence-electron chi connectivity index (χ3n) is 4.22. The second-order valence-corrected chi connectivity index (χ2v) is 6.88. The van der Waals surface area contributed by atoms with Crippen molar-refractivity contribution in [2.24, 2.45) is 0 Å². The molecule has 0 spiro atoms. The lowest BCUT2D eigenvalue weighted by Gasteiger charge is -2.28. The van der Waals surface area contributed by atoms with Crippen molar-refractivity contribution in [3.05, 3.63) is 59.7 Å². The maximum Gasteiger partial charge on any atom is 0.455 e. The van der Waals surface area contributed by atoms with Crippen LogP contribution in [0.25, 0.3) is 11.0 Å². The van der Waals surface area contributed by atoms with Gasteiger partial charge in [0.15, 0.2) is 0 Å². The molecule has 0 radical (unpaired) electrons. The van der Waals surface area contributed by atoms with Gasteiger partial charge in [-0.1, -0.05) is 29.1 Å². The number of thioether (sulfide) groups is 1. The molecule has 0 atom stereocenters. The molecule has 2 heterocycles. The zero-order chi connectivity index (χ0) is 19.7. The van der Waals surface area contributed by atoms with Gasteiger partial charge in [-0.25, -0.2) is 9.80 Å². The predicted molar refractivity (Wildman–Crippen MR) is 102 cm³/mol. The van der Waals surface area contributed by atoms with Crippen molar-refractivity contribution in [2.75, 3.05) is 18.6 Å². The molecule has 0 fully saturated rings. The third-order valence-corrected chi connectivity index (χ3v) is 4.81. The molecule has 9 nitrogen and oxygen atoms in total. The molecule has 1 aliphatic rings. The molecule has 0 unspecified atom stereocenters. The first-order chi connectivity index (χ1) is 13.6. The number of hydrazine groups is 1. The Morgan fingerprint density at radius 2 is 1.71 bits per heavy atom. The van der Waals surface area contributed by atoms with E-state index in [1.807, 2.05) is 6.26 Å². The number of fused-ring (bicyclic) bond motifs is 2. The summed E-state index contributed by atoms with van der Waals surface area (Å²) < 4.78 is 0. The minimum atomic E-state index is -0.904. The number of nitrogens with zero attached hydrogens (tertiary/aromatic N) is 5. The number of benzene rings is 2. The number of imide groups is 1. The minimum absolute atomic E-state index is 0.109. The fourth-order valence-corrected chi connectivity index (χ4v) is 3.24. The van der Waals surface area contributed by atoms with Crippen molar-refractivity contribution in [2.45, 2.75) is 0 Å². The standard InChI is InChI=1S/C18H15N5O4S/c1-28-11-10-21(22-16(24)12-6-2-3-7-13(12)17(22)25)18(26)27-23-15-9-5-4-8-14(15)19-20-23/h2-9H,10-11H2,1H3. The summed E-state index contributed by atoms with van der Waals surface area (Å²) in [6.07, 6.45) is 0.954. The van der Waals surface area contributed by atoms with Crippen molar-refractivity contribution < 1.29 is 19.2 Å². The Morgan fingerprint density at radius 3 is 2.39 bits per heavy atom. The van der Waals surface area contributed by atoms with Crippen molar-refractivity contribution in [3.8, 4) is 0 Å². The van der Waals surface area contributed by atoms with Gasteiger partial charge >= 0.3 is 6.09 Å². The smallest absolute Gasteiger partial charge is 0.296 e. The van der Waals surface area contributed by atoms with Crippen molar-refractivity contribution in [3.63, 3.8) is 0 Å². The van der Waals surface area contributed by atoms with E-state index in [-0.39, 0.29) is 17.7 Å². The highest BCUT2D eigenvalue weighted by molar-refractivity contribution is 7.98. The maximum absolute atomic E-state index is 12.8. The molecular formula is C18H15N5O4S. The predicted octanol–water partition coefficient (Wildman–Crippen LogP) is 1.86. The third kappa shape index (κ3) is 2.97. The van der Waals surface area contributed by atoms with E-state index >= 15 is 0 Å². The second kappa shape index (κ2) is 7.31. The largest absolute Gasteiger partial charge is 0.455 e. The average Bonchev–Trinajstić information content (AvgIpc) is 3.23. The summed E-state index contributed by atoms with van der Waals surface area (Å²) in [4.78, 5) is 44.6. The van der Waals surface area contributed by atoms with E-state index in [9.17, 15) is 14.4 Å². The minimum Gasteiger partial charge on any atom is -0.296 e. The summed E-state index contributed by atoms with van der Waals surface area (Å²) in [5.41, 5.74) is 1.54. The highest BCUT2D eigenvalue weighted by Crippen LogP contribution is 2.24. The van der Waals surface area contributed by atoms with Gasteiger partial charge in [0, 0.05) is 5.75 Å². The molecule has 1 aromatic heterocycles. The first-order valence-electron chi connectivity index (χ1n) is 8.38. The first-order valence-corrected chi connectivity index (χ1v) is 9.78. The van der Waals surface area contributed by atoms with Crippen LogP contribution in [-0.4, -0.2) is 61.6 Å². The number of hydrogen-bond donors (Lipinski definition) is 0. The number of carbonyl (C=O) groups is 3. The molecule has 0 aliphatic carbocycles. The summed E-state index contributed by atoms with van der Waals surface area (Å²) in [6.45, 7) is 0.109. The number of hydrogen-bond acceptors (Lipinski definition) is 7. The summed E-state index contributed by atoms with van der Waals surface area (Å²) in [7, 11) is 0. The molecule has 0 saturated heterocycles. The Labute approximate surface area is 163 Å². The second-order valence-electron chi connectivity index (χ2n) is 5.89. The topological polar surface area (TPSA) is 97.6 Å². The van der Waals surface area contributed by atoms with Crippen LogP contribution in [0.15, 0.2) is 48.5 Å². The number of para-hydroxylation sites is 1. The fourth-order valence-electron chi connectivity index (χ4n) is 2.88. The van der Waals surface area contributed by atoms with E-state index < -0.39 is 17.9 Å². The molecule has 28 heavy (non-hydrogen) atoms. The number of aromatic nitrogens is 3. The molecular weight excluding hydrogens is 382 g/mol. The summed E-state index contributed by atoms with van der Waals surface area (Å²) in [5.74, 6) is -0.634. The lowest BCUT2D eigenvalue weighted by molar-refractivity contribution is -0.00455. The zero-order valence-corrected chi connectivity index (χ0v) is 15.6. The SMILES string of the molecule is CSCCN(C(=O)On1nnc2ccccc21)N1C(=O)c2ccccc2C1=O. The Hall–Kier alpha value is -3.40. The molecule has 2 aromatic carbocycles. The maximum atomic E-state index is 12.8. The normalized spacial score (nSPS) is 13.1. The van der Waals surface area contributed by atoms with Gasteiger partial charge in [-0.3, -0.25) is 14.4 Å². The van der Waals surface area contributed by atoms with E-state index in [0.29, 0.717) is 16.8 Å². The van der Waals surface area contributed by atoms with Gasteiger partial charge in [0.2, 0.25) is 0 Å². The van der Waals surface area contributed by atoms with Crippen LogP contribution in [0, 0.1) is 0 Å². The van der Waals surface area contributed by atoms with E-state index in [1.165, 1.54) is 11.8 Å². The quantitative estimate of drug-likeness (QED) is 0.479. The van der Waals surface area contributed by atoms with Gasteiger partial charge in [-0.2, -0.15) is 16.8 Å². The Morgan fingerprint density at radius 1 is 1.07 bits per heavy atom. The first kappa shape index (κ1) is 18.0. The van der Waals surface area contributed by atoms with Crippen LogP contribution in [0.2, 0.25) is 0 Å². The average molecular weight is 397 g/mol. The highest BCUT2D eigenvalue weighted by Gasteiger charge is 2.42.